The van der Waals surface area contributed by atoms with Gasteiger partial charge in [0.1, 0.15) is 6.04 Å². The van der Waals surface area contributed by atoms with Crippen molar-refractivity contribution < 1.29 is 14.4 Å². The Hall–Kier alpha value is -4.25. The number of pyridine rings is 1. The Morgan fingerprint density at radius 3 is 2.76 bits per heavy atom. The van der Waals surface area contributed by atoms with Crippen molar-refractivity contribution in [3.63, 3.8) is 0 Å². The first kappa shape index (κ1) is 22.9. The zero-order valence-corrected chi connectivity index (χ0v) is 19.1. The molecule has 2 aromatic carbocycles. The van der Waals surface area contributed by atoms with Gasteiger partial charge in [0, 0.05) is 36.3 Å². The molecule has 1 fully saturated rings. The maximum absolute atomic E-state index is 13.2. The highest BCUT2D eigenvalue weighted by atomic mass is 16.2. The Kier molecular flexibility index (Phi) is 6.28. The molecule has 0 radical (unpaired) electrons. The number of aromatic nitrogens is 1. The van der Waals surface area contributed by atoms with Crippen molar-refractivity contribution >= 4 is 34.8 Å². The third kappa shape index (κ3) is 4.33. The molecule has 2 heterocycles. The molecule has 0 saturated carbocycles. The van der Waals surface area contributed by atoms with Gasteiger partial charge in [0.2, 0.25) is 12.3 Å². The van der Waals surface area contributed by atoms with Gasteiger partial charge in [0.05, 0.1) is 23.7 Å². The molecule has 1 saturated heterocycles. The average Bonchev–Trinajstić information content (AvgIpc) is 3.21. The number of rotatable bonds is 6. The molecule has 1 aromatic heterocycles. The molecule has 34 heavy (non-hydrogen) atoms. The predicted octanol–water partition coefficient (Wildman–Crippen LogP) is 2.96. The largest absolute Gasteiger partial charge is 0.332 e. The number of nitrogens with zero attached hydrogens (tertiary/aromatic N) is 4. The minimum Gasteiger partial charge on any atom is -0.332 e. The minimum atomic E-state index is -0.632. The number of likely N-dealkylation sites (tertiary alicyclic amines) is 1. The van der Waals surface area contributed by atoms with Crippen LogP contribution in [-0.4, -0.2) is 59.2 Å². The van der Waals surface area contributed by atoms with Crippen molar-refractivity contribution in [2.45, 2.75) is 24.8 Å². The highest BCUT2D eigenvalue weighted by Crippen LogP contribution is 2.41. The highest BCUT2D eigenvalue weighted by molar-refractivity contribution is 5.98. The fraction of sp³-hybridized carbons (Fsp3) is 0.269. The molecule has 0 bridgehead atoms. The summed E-state index contributed by atoms with van der Waals surface area (Å²) in [4.78, 5) is 44.4. The zero-order valence-electron chi connectivity index (χ0n) is 19.1. The van der Waals surface area contributed by atoms with Gasteiger partial charge < -0.3 is 15.1 Å². The molecule has 8 heteroatoms. The van der Waals surface area contributed by atoms with E-state index in [1.54, 1.807) is 19.2 Å². The van der Waals surface area contributed by atoms with Crippen molar-refractivity contribution in [2.24, 2.45) is 0 Å². The second-order valence-corrected chi connectivity index (χ2v) is 8.82. The standard InChI is InChI=1S/C26H25N5O3/c1-26(21-8-4-6-10-23(21)29-17-32)12-20(13-27)31(16-26)24(33)15-30(2)25(34)19-11-18-7-3-5-9-22(18)28-14-19/h3-11,14,17,20H,12,15-16H2,1-2H3,(H,29,32). The number of hydrogen-bond acceptors (Lipinski definition) is 5. The van der Waals surface area contributed by atoms with E-state index >= 15 is 0 Å². The second-order valence-electron chi connectivity index (χ2n) is 8.82. The van der Waals surface area contributed by atoms with Gasteiger partial charge in [0.15, 0.2) is 0 Å². The van der Waals surface area contributed by atoms with Crippen molar-refractivity contribution in [3.8, 4) is 6.07 Å². The van der Waals surface area contributed by atoms with E-state index in [2.05, 4.69) is 16.4 Å². The first-order valence-electron chi connectivity index (χ1n) is 11.0. The number of amides is 3. The van der Waals surface area contributed by atoms with Crippen LogP contribution in [0.1, 0.15) is 29.3 Å². The third-order valence-electron chi connectivity index (χ3n) is 6.36. The first-order chi connectivity index (χ1) is 16.4. The van der Waals surface area contributed by atoms with Crippen LogP contribution in [0.15, 0.2) is 60.8 Å². The molecule has 172 valence electrons. The van der Waals surface area contributed by atoms with E-state index in [4.69, 9.17) is 0 Å². The van der Waals surface area contributed by atoms with E-state index in [0.717, 1.165) is 16.5 Å². The number of benzene rings is 2. The summed E-state index contributed by atoms with van der Waals surface area (Å²) in [7, 11) is 1.56. The lowest BCUT2D eigenvalue weighted by molar-refractivity contribution is -0.131. The molecule has 1 N–H and O–H groups in total. The van der Waals surface area contributed by atoms with Gasteiger partial charge in [-0.15, -0.1) is 0 Å². The second kappa shape index (κ2) is 9.32. The van der Waals surface area contributed by atoms with Crippen LogP contribution in [0.5, 0.6) is 0 Å². The van der Waals surface area contributed by atoms with E-state index in [1.807, 2.05) is 49.4 Å². The molecule has 1 aliphatic rings. The SMILES string of the molecule is CN(CC(=O)N1CC(C)(c2ccccc2NC=O)CC1C#N)C(=O)c1cnc2ccccc2c1. The number of likely N-dealkylation sites (N-methyl/N-ethyl adjacent to an activating group) is 1. The van der Waals surface area contributed by atoms with Crippen LogP contribution in [0.2, 0.25) is 0 Å². The van der Waals surface area contributed by atoms with Crippen LogP contribution < -0.4 is 5.32 Å². The normalized spacial score (nSPS) is 19.4. The number of nitrogens with one attached hydrogen (secondary N) is 1. The van der Waals surface area contributed by atoms with Crippen LogP contribution >= 0.6 is 0 Å². The van der Waals surface area contributed by atoms with E-state index in [0.29, 0.717) is 30.6 Å². The molecule has 8 nitrogen and oxygen atoms in total. The number of hydrogen-bond donors (Lipinski definition) is 1. The Labute approximate surface area is 197 Å². The molecule has 2 unspecified atom stereocenters. The lowest BCUT2D eigenvalue weighted by atomic mass is 9.79. The van der Waals surface area contributed by atoms with E-state index in [9.17, 15) is 19.6 Å². The average molecular weight is 456 g/mol. The van der Waals surface area contributed by atoms with Gasteiger partial charge in [-0.05, 0) is 30.2 Å². The molecule has 3 amide bonds. The molecule has 0 aliphatic carbocycles. The number of nitriles is 1. The maximum atomic E-state index is 13.2. The minimum absolute atomic E-state index is 0.159. The Morgan fingerprint density at radius 2 is 2.00 bits per heavy atom. The number of para-hydroxylation sites is 2. The molecular formula is C26H25N5O3. The number of carbonyl (C=O) groups excluding carboxylic acids is 3. The van der Waals surface area contributed by atoms with Gasteiger partial charge in [-0.1, -0.05) is 43.3 Å². The number of fused-ring (bicyclic) bond motifs is 1. The lowest BCUT2D eigenvalue weighted by Crippen LogP contribution is -2.43. The van der Waals surface area contributed by atoms with Crippen LogP contribution in [0.25, 0.3) is 10.9 Å². The summed E-state index contributed by atoms with van der Waals surface area (Å²) in [5, 5.41) is 13.3. The van der Waals surface area contributed by atoms with Gasteiger partial charge in [-0.2, -0.15) is 5.26 Å². The maximum Gasteiger partial charge on any atom is 0.255 e. The number of carbonyl (C=O) groups is 3. The smallest absolute Gasteiger partial charge is 0.255 e. The molecule has 3 aromatic rings. The molecular weight excluding hydrogens is 430 g/mol. The fourth-order valence-electron chi connectivity index (χ4n) is 4.63. The Balaban J connectivity index is 1.51. The third-order valence-corrected chi connectivity index (χ3v) is 6.36. The topological polar surface area (TPSA) is 106 Å². The van der Waals surface area contributed by atoms with Crippen molar-refractivity contribution in [1.82, 2.24) is 14.8 Å². The van der Waals surface area contributed by atoms with Crippen LogP contribution in [0, 0.1) is 11.3 Å². The summed E-state index contributed by atoms with van der Waals surface area (Å²) < 4.78 is 0. The summed E-state index contributed by atoms with van der Waals surface area (Å²) >= 11 is 0. The van der Waals surface area contributed by atoms with Crippen LogP contribution in [0.3, 0.4) is 0 Å². The Morgan fingerprint density at radius 1 is 1.26 bits per heavy atom. The zero-order chi connectivity index (χ0) is 24.3. The van der Waals surface area contributed by atoms with Gasteiger partial charge in [-0.25, -0.2) is 0 Å². The van der Waals surface area contributed by atoms with Crippen molar-refractivity contribution in [2.75, 3.05) is 25.5 Å². The monoisotopic (exact) mass is 455 g/mol. The fourth-order valence-corrected chi connectivity index (χ4v) is 4.63. The Bertz CT molecular complexity index is 1300. The van der Waals surface area contributed by atoms with Crippen molar-refractivity contribution in [1.29, 1.82) is 5.26 Å². The molecule has 1 aliphatic heterocycles. The van der Waals surface area contributed by atoms with E-state index in [1.165, 1.54) is 16.0 Å². The molecule has 4 rings (SSSR count). The van der Waals surface area contributed by atoms with Gasteiger partial charge >= 0.3 is 0 Å². The summed E-state index contributed by atoms with van der Waals surface area (Å²) in [5.74, 6) is -0.622. The molecule has 0 spiro atoms. The van der Waals surface area contributed by atoms with Gasteiger partial charge in [-0.3, -0.25) is 19.4 Å². The van der Waals surface area contributed by atoms with Crippen LogP contribution in [-0.2, 0) is 15.0 Å². The molecule has 2 atom stereocenters. The summed E-state index contributed by atoms with van der Waals surface area (Å²) in [5.41, 5.74) is 2.18. The number of anilines is 1. The summed E-state index contributed by atoms with van der Waals surface area (Å²) in [6.07, 6.45) is 2.55. The predicted molar refractivity (Wildman–Crippen MR) is 128 cm³/mol. The first-order valence-corrected chi connectivity index (χ1v) is 11.0. The quantitative estimate of drug-likeness (QED) is 0.575. The van der Waals surface area contributed by atoms with Gasteiger partial charge in [0.25, 0.3) is 5.91 Å². The van der Waals surface area contributed by atoms with E-state index < -0.39 is 11.5 Å². The summed E-state index contributed by atoms with van der Waals surface area (Å²) in [6, 6.07) is 18.2. The van der Waals surface area contributed by atoms with E-state index in [-0.39, 0.29) is 18.4 Å². The van der Waals surface area contributed by atoms with Crippen LogP contribution in [0.4, 0.5) is 5.69 Å². The summed E-state index contributed by atoms with van der Waals surface area (Å²) in [6.45, 7) is 2.13. The lowest BCUT2D eigenvalue weighted by Gasteiger charge is -2.28. The van der Waals surface area contributed by atoms with Crippen molar-refractivity contribution in [3.05, 3.63) is 71.9 Å². The highest BCUT2D eigenvalue weighted by Gasteiger charge is 2.45.